The monoisotopic (exact) mass is 487 g/mol. The Hall–Kier alpha value is -2.85. The smallest absolute Gasteiger partial charge is 0.410 e. The molecule has 4 rings (SSSR count). The van der Waals surface area contributed by atoms with Crippen molar-refractivity contribution in [3.63, 3.8) is 0 Å². The summed E-state index contributed by atoms with van der Waals surface area (Å²) >= 11 is 1.52. The van der Waals surface area contributed by atoms with Crippen molar-refractivity contribution in [2.24, 2.45) is 0 Å². The minimum absolute atomic E-state index is 0.313. The molecule has 1 fully saturated rings. The Morgan fingerprint density at radius 2 is 1.97 bits per heavy atom. The number of pyridine rings is 1. The van der Waals surface area contributed by atoms with Crippen LogP contribution in [0, 0.1) is 5.82 Å². The second kappa shape index (κ2) is 10.2. The number of rotatable bonds is 6. The van der Waals surface area contributed by atoms with Gasteiger partial charge < -0.3 is 24.3 Å². The molecule has 1 aliphatic rings. The molecule has 0 atom stereocenters. The van der Waals surface area contributed by atoms with Gasteiger partial charge in [-0.1, -0.05) is 11.8 Å². The number of amides is 1. The van der Waals surface area contributed by atoms with E-state index in [0.29, 0.717) is 60.4 Å². The average molecular weight is 488 g/mol. The second-order valence-corrected chi connectivity index (χ2v) is 10.2. The predicted molar refractivity (Wildman–Crippen MR) is 131 cm³/mol. The van der Waals surface area contributed by atoms with Crippen LogP contribution in [0.25, 0.3) is 11.0 Å². The van der Waals surface area contributed by atoms with Crippen molar-refractivity contribution in [3.05, 3.63) is 47.5 Å². The Labute approximate surface area is 202 Å². The molecule has 10 heteroatoms. The van der Waals surface area contributed by atoms with Gasteiger partial charge in [-0.05, 0) is 44.5 Å². The predicted octanol–water partition coefficient (Wildman–Crippen LogP) is 4.59. The number of thioether (sulfide) groups is 1. The number of nitrogens with one attached hydrogen (secondary N) is 1. The number of H-pyrrole nitrogens is 1. The zero-order valence-electron chi connectivity index (χ0n) is 19.9. The van der Waals surface area contributed by atoms with Gasteiger partial charge in [0.25, 0.3) is 0 Å². The molecule has 1 aromatic carbocycles. The largest absolute Gasteiger partial charge is 0.444 e. The van der Waals surface area contributed by atoms with Crippen molar-refractivity contribution in [3.8, 4) is 0 Å². The van der Waals surface area contributed by atoms with Crippen LogP contribution < -0.4 is 4.90 Å². The zero-order valence-corrected chi connectivity index (χ0v) is 20.7. The van der Waals surface area contributed by atoms with Crippen LogP contribution in [0.4, 0.5) is 14.9 Å². The maximum absolute atomic E-state index is 14.9. The molecule has 182 valence electrons. The number of methoxy groups -OCH3 is 1. The number of carbonyl (C=O) groups is 1. The van der Waals surface area contributed by atoms with Gasteiger partial charge >= 0.3 is 6.09 Å². The number of nitrogens with zero attached hydrogens (tertiary/aromatic N) is 4. The Balaban J connectivity index is 1.41. The molecule has 2 aromatic heterocycles. The number of fused-ring (bicyclic) bond motifs is 1. The van der Waals surface area contributed by atoms with E-state index in [-0.39, 0.29) is 11.9 Å². The molecule has 8 nitrogen and oxygen atoms in total. The Bertz CT molecular complexity index is 1160. The quantitative estimate of drug-likeness (QED) is 0.509. The summed E-state index contributed by atoms with van der Waals surface area (Å²) in [6.45, 7) is 8.07. The van der Waals surface area contributed by atoms with Gasteiger partial charge in [0.2, 0.25) is 0 Å². The lowest BCUT2D eigenvalue weighted by Gasteiger charge is -2.36. The summed E-state index contributed by atoms with van der Waals surface area (Å²) in [6, 6.07) is 7.19. The summed E-state index contributed by atoms with van der Waals surface area (Å²) in [4.78, 5) is 28.1. The maximum atomic E-state index is 14.9. The number of ether oxygens (including phenoxy) is 2. The van der Waals surface area contributed by atoms with Crippen molar-refractivity contribution in [1.82, 2.24) is 19.9 Å². The first-order valence-corrected chi connectivity index (χ1v) is 12.2. The fourth-order valence-corrected chi connectivity index (χ4v) is 4.56. The summed E-state index contributed by atoms with van der Waals surface area (Å²) in [5, 5.41) is 0.709. The van der Waals surface area contributed by atoms with Crippen molar-refractivity contribution >= 4 is 34.6 Å². The average Bonchev–Trinajstić information content (AvgIpc) is 3.18. The van der Waals surface area contributed by atoms with E-state index in [0.717, 1.165) is 11.3 Å². The molecule has 0 spiro atoms. The lowest BCUT2D eigenvalue weighted by molar-refractivity contribution is 0.0240. The van der Waals surface area contributed by atoms with Crippen LogP contribution in [0.15, 0.2) is 35.6 Å². The van der Waals surface area contributed by atoms with Crippen molar-refractivity contribution in [1.29, 1.82) is 0 Å². The van der Waals surface area contributed by atoms with E-state index in [2.05, 4.69) is 15.0 Å². The lowest BCUT2D eigenvalue weighted by atomic mass is 10.2. The number of imidazole rings is 1. The topological polar surface area (TPSA) is 83.6 Å². The zero-order chi connectivity index (χ0) is 24.3. The van der Waals surface area contributed by atoms with Gasteiger partial charge in [0.15, 0.2) is 5.16 Å². The van der Waals surface area contributed by atoms with E-state index >= 15 is 0 Å². The van der Waals surface area contributed by atoms with Crippen LogP contribution in [0.1, 0.15) is 32.0 Å². The lowest BCUT2D eigenvalue weighted by Crippen LogP contribution is -2.50. The summed E-state index contributed by atoms with van der Waals surface area (Å²) < 4.78 is 25.6. The number of carbonyl (C=O) groups excluding carboxylic acids is 1. The molecule has 0 unspecified atom stereocenters. The highest BCUT2D eigenvalue weighted by molar-refractivity contribution is 7.98. The third kappa shape index (κ3) is 5.98. The van der Waals surface area contributed by atoms with Crippen LogP contribution >= 0.6 is 11.8 Å². The van der Waals surface area contributed by atoms with Crippen molar-refractivity contribution < 1.29 is 18.7 Å². The SMILES string of the molecule is COCc1ccnc(CSc2nc3cc(N4CCN(C(=O)OC(C)(C)C)CC4)c(F)cc3[nH]2)c1. The van der Waals surface area contributed by atoms with Crippen LogP contribution in [-0.2, 0) is 21.8 Å². The number of anilines is 1. The molecular formula is C24H30FN5O3S. The van der Waals surface area contributed by atoms with Gasteiger partial charge in [0, 0.05) is 51.3 Å². The minimum atomic E-state index is -0.538. The normalized spacial score (nSPS) is 14.6. The van der Waals surface area contributed by atoms with E-state index < -0.39 is 5.60 Å². The molecule has 1 N–H and O–H groups in total. The Kier molecular flexibility index (Phi) is 7.27. The molecular weight excluding hydrogens is 457 g/mol. The highest BCUT2D eigenvalue weighted by Gasteiger charge is 2.27. The minimum Gasteiger partial charge on any atom is -0.444 e. The van der Waals surface area contributed by atoms with Gasteiger partial charge in [-0.15, -0.1) is 0 Å². The standard InChI is InChI=1S/C24H30FN5O3S/c1-24(2,3)33-23(31)30-9-7-29(8-10-30)21-13-20-19(12-18(21)25)27-22(28-20)34-15-17-11-16(14-32-4)5-6-26-17/h5-6,11-13H,7-10,14-15H2,1-4H3,(H,27,28). The van der Waals surface area contributed by atoms with E-state index in [9.17, 15) is 9.18 Å². The number of benzene rings is 1. The van der Waals surface area contributed by atoms with E-state index in [1.165, 1.54) is 17.8 Å². The molecule has 1 saturated heterocycles. The van der Waals surface area contributed by atoms with Gasteiger partial charge in [0.05, 0.1) is 29.0 Å². The van der Waals surface area contributed by atoms with Crippen LogP contribution in [0.2, 0.25) is 0 Å². The van der Waals surface area contributed by atoms with Crippen molar-refractivity contribution in [2.75, 3.05) is 38.2 Å². The Morgan fingerprint density at radius 3 is 2.68 bits per heavy atom. The third-order valence-corrected chi connectivity index (χ3v) is 6.26. The fourth-order valence-electron chi connectivity index (χ4n) is 3.77. The summed E-state index contributed by atoms with van der Waals surface area (Å²) in [5.74, 6) is 0.326. The number of halogens is 1. The number of aromatic amines is 1. The maximum Gasteiger partial charge on any atom is 0.410 e. The molecule has 3 heterocycles. The highest BCUT2D eigenvalue weighted by Crippen LogP contribution is 2.29. The van der Waals surface area contributed by atoms with Crippen LogP contribution in [0.3, 0.4) is 0 Å². The number of piperazine rings is 1. The van der Waals surface area contributed by atoms with Crippen molar-refractivity contribution in [2.45, 2.75) is 43.9 Å². The summed E-state index contributed by atoms with van der Waals surface area (Å²) in [6.07, 6.45) is 1.44. The van der Waals surface area contributed by atoms with Gasteiger partial charge in [0.1, 0.15) is 11.4 Å². The molecule has 0 radical (unpaired) electrons. The number of aromatic nitrogens is 3. The highest BCUT2D eigenvalue weighted by atomic mass is 32.2. The third-order valence-electron chi connectivity index (χ3n) is 5.35. The second-order valence-electron chi connectivity index (χ2n) is 9.19. The molecule has 34 heavy (non-hydrogen) atoms. The first-order chi connectivity index (χ1) is 16.2. The van der Waals surface area contributed by atoms with Gasteiger partial charge in [-0.25, -0.2) is 14.2 Å². The molecule has 1 amide bonds. The molecule has 3 aromatic rings. The van der Waals surface area contributed by atoms with Crippen LogP contribution in [-0.4, -0.2) is 64.8 Å². The van der Waals surface area contributed by atoms with E-state index in [1.807, 2.05) is 37.8 Å². The van der Waals surface area contributed by atoms with Crippen LogP contribution in [0.5, 0.6) is 0 Å². The van der Waals surface area contributed by atoms with E-state index in [4.69, 9.17) is 9.47 Å². The number of hydrogen-bond acceptors (Lipinski definition) is 7. The molecule has 0 bridgehead atoms. The van der Waals surface area contributed by atoms with E-state index in [1.54, 1.807) is 24.3 Å². The fraction of sp³-hybridized carbons (Fsp3) is 0.458. The molecule has 0 aliphatic carbocycles. The first kappa shape index (κ1) is 24.3. The Morgan fingerprint density at radius 1 is 1.21 bits per heavy atom. The molecule has 1 aliphatic heterocycles. The van der Waals surface area contributed by atoms with Gasteiger partial charge in [-0.3, -0.25) is 4.98 Å². The first-order valence-electron chi connectivity index (χ1n) is 11.2. The van der Waals surface area contributed by atoms with Gasteiger partial charge in [-0.2, -0.15) is 0 Å². The summed E-state index contributed by atoms with van der Waals surface area (Å²) in [5.41, 5.74) is 3.30. The number of hydrogen-bond donors (Lipinski definition) is 1. The summed E-state index contributed by atoms with van der Waals surface area (Å²) in [7, 11) is 1.66. The molecule has 0 saturated carbocycles.